The molecule has 0 bridgehead atoms. The average molecular weight is 857 g/mol. The van der Waals surface area contributed by atoms with E-state index in [1.54, 1.807) is 0 Å². The highest BCUT2D eigenvalue weighted by molar-refractivity contribution is 7.47. The third kappa shape index (κ3) is 44.1. The van der Waals surface area contributed by atoms with E-state index in [9.17, 15) is 24.2 Å². The fourth-order valence-corrected chi connectivity index (χ4v) is 7.34. The summed E-state index contributed by atoms with van der Waals surface area (Å²) in [6, 6.07) is 0. The molecule has 0 fully saturated rings. The Kier molecular flexibility index (Phi) is 42.9. The zero-order valence-corrected chi connectivity index (χ0v) is 38.6. The number of hydrogen-bond acceptors (Lipinski definition) is 9. The fraction of sp³-hybridized carbons (Fsp3) is 0.833. The third-order valence-corrected chi connectivity index (χ3v) is 11.2. The Morgan fingerprint density at radius 1 is 0.508 bits per heavy atom. The Balaban J connectivity index is 4.20. The minimum atomic E-state index is -4.62. The van der Waals surface area contributed by atoms with Gasteiger partial charge in [0.1, 0.15) is 12.7 Å². The van der Waals surface area contributed by atoms with Crippen LogP contribution in [0.1, 0.15) is 219 Å². The lowest BCUT2D eigenvalue weighted by atomic mass is 10.0. The molecule has 0 amide bonds. The van der Waals surface area contributed by atoms with Gasteiger partial charge in [-0.05, 0) is 70.6 Å². The highest BCUT2D eigenvalue weighted by atomic mass is 31.2. The summed E-state index contributed by atoms with van der Waals surface area (Å²) in [7, 11) is -4.62. The molecule has 0 heterocycles. The molecule has 0 rings (SSSR count). The van der Waals surface area contributed by atoms with Gasteiger partial charge in [0, 0.05) is 12.8 Å². The number of unbranched alkanes of at least 4 members (excludes halogenated alkanes) is 25. The molecule has 0 aromatic rings. The predicted molar refractivity (Wildman–Crippen MR) is 242 cm³/mol. The number of carbonyl (C=O) groups is 2. The molecule has 0 aromatic carbocycles. The van der Waals surface area contributed by atoms with Crippen LogP contribution in [0.25, 0.3) is 0 Å². The van der Waals surface area contributed by atoms with E-state index in [1.807, 2.05) is 0 Å². The number of rotatable bonds is 45. The fourth-order valence-electron chi connectivity index (χ4n) is 6.55. The summed E-state index contributed by atoms with van der Waals surface area (Å²) in [5, 5.41) is 18.4. The smallest absolute Gasteiger partial charge is 0.462 e. The number of ether oxygens (including phenoxy) is 2. The number of phosphoric ester groups is 1. The van der Waals surface area contributed by atoms with E-state index in [2.05, 4.69) is 50.3 Å². The molecule has 3 atom stereocenters. The summed E-state index contributed by atoms with van der Waals surface area (Å²) in [5.41, 5.74) is 0. The number of allylic oxidation sites excluding steroid dienone is 6. The number of phosphoric acid groups is 1. The Labute approximate surface area is 361 Å². The Morgan fingerprint density at radius 3 is 1.36 bits per heavy atom. The van der Waals surface area contributed by atoms with Crippen molar-refractivity contribution in [1.82, 2.24) is 0 Å². The minimum Gasteiger partial charge on any atom is -0.462 e. The topological polar surface area (TPSA) is 149 Å². The standard InChI is InChI=1S/C48H89O10P/c1-3-5-7-9-11-13-15-17-19-20-21-22-23-24-26-27-29-31-33-35-37-39-47(51)55-43-46(44-57-59(53,54)56-42-45(50)41-49)58-48(52)40-38-36-34-32-30-28-25-18-16-14-12-10-8-6-4-2/h12,14,17-19,25,45-46,49-50H,3-11,13,15-16,20-24,26-44H2,1-2H3,(H,53,54)/b14-12+,19-17+,25-18+/t45-,46+/m1/s1. The summed E-state index contributed by atoms with van der Waals surface area (Å²) in [5.74, 6) is -0.936. The summed E-state index contributed by atoms with van der Waals surface area (Å²) in [6.45, 7) is 2.35. The van der Waals surface area contributed by atoms with Gasteiger partial charge in [0.2, 0.25) is 0 Å². The van der Waals surface area contributed by atoms with Gasteiger partial charge in [-0.3, -0.25) is 18.6 Å². The number of carbonyl (C=O) groups excluding carboxylic acids is 2. The quantitative estimate of drug-likeness (QED) is 0.0234. The number of esters is 2. The van der Waals surface area contributed by atoms with Crippen molar-refractivity contribution in [3.05, 3.63) is 36.5 Å². The first-order valence-corrected chi connectivity index (χ1v) is 25.4. The van der Waals surface area contributed by atoms with Gasteiger partial charge in [-0.2, -0.15) is 0 Å². The lowest BCUT2D eigenvalue weighted by Crippen LogP contribution is -2.29. The first-order valence-electron chi connectivity index (χ1n) is 23.9. The van der Waals surface area contributed by atoms with Crippen molar-refractivity contribution >= 4 is 19.8 Å². The number of aliphatic hydroxyl groups excluding tert-OH is 2. The molecule has 59 heavy (non-hydrogen) atoms. The molecule has 1 unspecified atom stereocenters. The van der Waals surface area contributed by atoms with E-state index >= 15 is 0 Å². The van der Waals surface area contributed by atoms with E-state index in [0.717, 1.165) is 64.2 Å². The minimum absolute atomic E-state index is 0.169. The Morgan fingerprint density at radius 2 is 0.881 bits per heavy atom. The van der Waals surface area contributed by atoms with Crippen molar-refractivity contribution < 1.29 is 47.8 Å². The molecule has 3 N–H and O–H groups in total. The van der Waals surface area contributed by atoms with Crippen LogP contribution in [0.5, 0.6) is 0 Å². The van der Waals surface area contributed by atoms with Gasteiger partial charge >= 0.3 is 19.8 Å². The zero-order chi connectivity index (χ0) is 43.3. The molecule has 0 radical (unpaired) electrons. The first kappa shape index (κ1) is 57.2. The maximum atomic E-state index is 12.6. The van der Waals surface area contributed by atoms with Crippen molar-refractivity contribution in [3.8, 4) is 0 Å². The monoisotopic (exact) mass is 857 g/mol. The summed E-state index contributed by atoms with van der Waals surface area (Å²) < 4.78 is 32.8. The van der Waals surface area contributed by atoms with Crippen LogP contribution in [0.3, 0.4) is 0 Å². The SMILES string of the molecule is CCCCC/C=C/C/C=C/CCCCCCCC(=O)O[C@@H](COC(=O)CCCCCCCCCCCCC/C=C/CCCCCCCC)COP(=O)(O)OC[C@H](O)CO. The normalized spacial score (nSPS) is 14.1. The largest absolute Gasteiger partial charge is 0.472 e. The lowest BCUT2D eigenvalue weighted by molar-refractivity contribution is -0.161. The number of hydrogen-bond donors (Lipinski definition) is 3. The van der Waals surface area contributed by atoms with E-state index in [0.29, 0.717) is 12.8 Å². The van der Waals surface area contributed by atoms with Gasteiger partial charge in [0.25, 0.3) is 0 Å². The first-order chi connectivity index (χ1) is 28.7. The van der Waals surface area contributed by atoms with E-state index < -0.39 is 51.8 Å². The molecular weight excluding hydrogens is 767 g/mol. The van der Waals surface area contributed by atoms with E-state index in [1.165, 1.54) is 116 Å². The van der Waals surface area contributed by atoms with Crippen LogP contribution < -0.4 is 0 Å². The van der Waals surface area contributed by atoms with Crippen molar-refractivity contribution in [2.24, 2.45) is 0 Å². The molecule has 11 heteroatoms. The van der Waals surface area contributed by atoms with Crippen LogP contribution in [0, 0.1) is 0 Å². The molecule has 0 aromatic heterocycles. The van der Waals surface area contributed by atoms with Crippen molar-refractivity contribution in [2.45, 2.75) is 232 Å². The summed E-state index contributed by atoms with van der Waals surface area (Å²) in [6.07, 6.45) is 46.8. The van der Waals surface area contributed by atoms with Gasteiger partial charge in [0.05, 0.1) is 19.8 Å². The Hall–Kier alpha value is -1.81. The van der Waals surface area contributed by atoms with Gasteiger partial charge in [-0.1, -0.05) is 172 Å². The maximum Gasteiger partial charge on any atom is 0.472 e. The van der Waals surface area contributed by atoms with Crippen LogP contribution in [0.2, 0.25) is 0 Å². The molecule has 346 valence electrons. The average Bonchev–Trinajstić information content (AvgIpc) is 3.22. The molecule has 0 aliphatic carbocycles. The van der Waals surface area contributed by atoms with Crippen molar-refractivity contribution in [2.75, 3.05) is 26.4 Å². The van der Waals surface area contributed by atoms with Crippen LogP contribution >= 0.6 is 7.82 Å². The number of aliphatic hydroxyl groups is 2. The van der Waals surface area contributed by atoms with Crippen molar-refractivity contribution in [1.29, 1.82) is 0 Å². The van der Waals surface area contributed by atoms with Crippen molar-refractivity contribution in [3.63, 3.8) is 0 Å². The molecule has 0 aliphatic rings. The van der Waals surface area contributed by atoms with Gasteiger partial charge in [-0.25, -0.2) is 4.57 Å². The summed E-state index contributed by atoms with van der Waals surface area (Å²) in [4.78, 5) is 35.1. The molecule has 0 saturated carbocycles. The summed E-state index contributed by atoms with van der Waals surface area (Å²) >= 11 is 0. The van der Waals surface area contributed by atoms with Crippen LogP contribution in [0.15, 0.2) is 36.5 Å². The highest BCUT2D eigenvalue weighted by Gasteiger charge is 2.27. The third-order valence-electron chi connectivity index (χ3n) is 10.3. The molecule has 10 nitrogen and oxygen atoms in total. The van der Waals surface area contributed by atoms with Gasteiger partial charge in [0.15, 0.2) is 6.10 Å². The molecule has 0 saturated heterocycles. The van der Waals surface area contributed by atoms with Gasteiger partial charge in [-0.15, -0.1) is 0 Å². The van der Waals surface area contributed by atoms with Crippen LogP contribution in [-0.4, -0.2) is 65.7 Å². The van der Waals surface area contributed by atoms with Crippen LogP contribution in [-0.2, 0) is 32.7 Å². The molecule has 0 aliphatic heterocycles. The molecule has 0 spiro atoms. The Bertz CT molecular complexity index is 1080. The highest BCUT2D eigenvalue weighted by Crippen LogP contribution is 2.43. The van der Waals surface area contributed by atoms with Crippen LogP contribution in [0.4, 0.5) is 0 Å². The zero-order valence-electron chi connectivity index (χ0n) is 37.7. The second kappa shape index (κ2) is 44.3. The second-order valence-electron chi connectivity index (χ2n) is 16.1. The lowest BCUT2D eigenvalue weighted by Gasteiger charge is -2.20. The predicted octanol–water partition coefficient (Wildman–Crippen LogP) is 13.1. The molecular formula is C48H89O10P. The maximum absolute atomic E-state index is 12.6. The van der Waals surface area contributed by atoms with E-state index in [-0.39, 0.29) is 19.4 Å². The second-order valence-corrected chi connectivity index (χ2v) is 17.6. The van der Waals surface area contributed by atoms with Gasteiger partial charge < -0.3 is 24.6 Å². The van der Waals surface area contributed by atoms with E-state index in [4.69, 9.17) is 23.6 Å².